The summed E-state index contributed by atoms with van der Waals surface area (Å²) in [6.07, 6.45) is 6.65. The van der Waals surface area contributed by atoms with Crippen molar-refractivity contribution >= 4 is 29.0 Å². The zero-order valence-corrected chi connectivity index (χ0v) is 9.76. The highest BCUT2D eigenvalue weighted by Crippen LogP contribution is 2.39. The Balaban J connectivity index is 2.05. The topological polar surface area (TPSA) is 17.3 Å². The van der Waals surface area contributed by atoms with E-state index >= 15 is 0 Å². The number of halogens is 1. The molecule has 4 heteroatoms. The van der Waals surface area contributed by atoms with Crippen LogP contribution in [-0.4, -0.2) is 15.1 Å². The molecule has 0 saturated carbocycles. The summed E-state index contributed by atoms with van der Waals surface area (Å²) in [5.74, 6) is 1.26. The molecular formula is C11H11ClN2S. The Morgan fingerprint density at radius 2 is 2.47 bits per heavy atom. The van der Waals surface area contributed by atoms with E-state index in [1.807, 2.05) is 34.5 Å². The van der Waals surface area contributed by atoms with Gasteiger partial charge in [0.1, 0.15) is 5.65 Å². The van der Waals surface area contributed by atoms with Gasteiger partial charge in [-0.2, -0.15) is 11.8 Å². The van der Waals surface area contributed by atoms with Crippen LogP contribution in [0.4, 0.5) is 0 Å². The third-order valence-electron chi connectivity index (χ3n) is 2.70. The van der Waals surface area contributed by atoms with Gasteiger partial charge in [0.15, 0.2) is 0 Å². The number of rotatable bonds is 1. The van der Waals surface area contributed by atoms with Gasteiger partial charge in [0.2, 0.25) is 0 Å². The minimum absolute atomic E-state index is 0.587. The molecule has 0 amide bonds. The highest BCUT2D eigenvalue weighted by Gasteiger charge is 2.20. The molecule has 1 atom stereocenters. The number of aromatic nitrogens is 2. The molecular weight excluding hydrogens is 228 g/mol. The maximum absolute atomic E-state index is 5.93. The molecule has 15 heavy (non-hydrogen) atoms. The third-order valence-corrected chi connectivity index (χ3v) is 4.34. The van der Waals surface area contributed by atoms with Crippen LogP contribution in [0.15, 0.2) is 24.5 Å². The highest BCUT2D eigenvalue weighted by molar-refractivity contribution is 7.99. The van der Waals surface area contributed by atoms with Gasteiger partial charge in [0.05, 0.1) is 5.69 Å². The first-order valence-corrected chi connectivity index (χ1v) is 6.51. The number of pyridine rings is 1. The van der Waals surface area contributed by atoms with Gasteiger partial charge in [0.25, 0.3) is 0 Å². The first-order chi connectivity index (χ1) is 7.33. The highest BCUT2D eigenvalue weighted by atomic mass is 35.5. The summed E-state index contributed by atoms with van der Waals surface area (Å²) < 4.78 is 2.04. The van der Waals surface area contributed by atoms with Gasteiger partial charge in [-0.05, 0) is 30.7 Å². The SMILES string of the molecule is Clc1ccn2cc(C3CCCS3)nc2c1. The van der Waals surface area contributed by atoms with Crippen LogP contribution in [0, 0.1) is 0 Å². The minimum Gasteiger partial charge on any atom is -0.307 e. The average Bonchev–Trinajstić information content (AvgIpc) is 2.84. The van der Waals surface area contributed by atoms with Crippen LogP contribution in [0.2, 0.25) is 5.02 Å². The second kappa shape index (κ2) is 3.72. The van der Waals surface area contributed by atoms with Crippen molar-refractivity contribution in [1.29, 1.82) is 0 Å². The van der Waals surface area contributed by atoms with Crippen molar-refractivity contribution in [3.05, 3.63) is 35.2 Å². The van der Waals surface area contributed by atoms with E-state index in [9.17, 15) is 0 Å². The van der Waals surface area contributed by atoms with Gasteiger partial charge in [-0.25, -0.2) is 4.98 Å². The van der Waals surface area contributed by atoms with Crippen LogP contribution in [-0.2, 0) is 0 Å². The lowest BCUT2D eigenvalue weighted by molar-refractivity contribution is 0.813. The molecule has 1 aliphatic rings. The number of fused-ring (bicyclic) bond motifs is 1. The van der Waals surface area contributed by atoms with Crippen molar-refractivity contribution in [2.75, 3.05) is 5.75 Å². The number of thioether (sulfide) groups is 1. The Morgan fingerprint density at radius 1 is 1.53 bits per heavy atom. The molecule has 0 spiro atoms. The van der Waals surface area contributed by atoms with E-state index in [2.05, 4.69) is 11.2 Å². The van der Waals surface area contributed by atoms with Gasteiger partial charge >= 0.3 is 0 Å². The smallest absolute Gasteiger partial charge is 0.138 e. The summed E-state index contributed by atoms with van der Waals surface area (Å²) in [4.78, 5) is 4.61. The fourth-order valence-corrected chi connectivity index (χ4v) is 3.33. The largest absolute Gasteiger partial charge is 0.307 e. The quantitative estimate of drug-likeness (QED) is 0.756. The summed E-state index contributed by atoms with van der Waals surface area (Å²) in [7, 11) is 0. The van der Waals surface area contributed by atoms with E-state index in [1.54, 1.807) is 0 Å². The Labute approximate surface area is 97.6 Å². The number of nitrogens with zero attached hydrogens (tertiary/aromatic N) is 2. The number of imidazole rings is 1. The molecule has 0 bridgehead atoms. The fraction of sp³-hybridized carbons (Fsp3) is 0.364. The molecule has 0 N–H and O–H groups in total. The van der Waals surface area contributed by atoms with Crippen molar-refractivity contribution in [3.8, 4) is 0 Å². The lowest BCUT2D eigenvalue weighted by Crippen LogP contribution is -1.86. The Bertz CT molecular complexity index is 488. The molecule has 1 fully saturated rings. The van der Waals surface area contributed by atoms with Crippen LogP contribution in [0.25, 0.3) is 5.65 Å². The Hall–Kier alpha value is -0.670. The zero-order valence-electron chi connectivity index (χ0n) is 8.19. The van der Waals surface area contributed by atoms with Crippen molar-refractivity contribution in [2.45, 2.75) is 18.1 Å². The molecule has 0 radical (unpaired) electrons. The molecule has 3 heterocycles. The molecule has 1 aliphatic heterocycles. The molecule has 2 aromatic rings. The lowest BCUT2D eigenvalue weighted by atomic mass is 10.2. The summed E-state index contributed by atoms with van der Waals surface area (Å²) in [5.41, 5.74) is 2.14. The molecule has 0 aromatic carbocycles. The van der Waals surface area contributed by atoms with Crippen molar-refractivity contribution in [2.24, 2.45) is 0 Å². The second-order valence-electron chi connectivity index (χ2n) is 3.78. The standard InChI is InChI=1S/C11H11ClN2S/c12-8-3-4-14-7-9(13-11(14)6-8)10-2-1-5-15-10/h3-4,6-7,10H,1-2,5H2. The maximum atomic E-state index is 5.93. The van der Waals surface area contributed by atoms with Crippen molar-refractivity contribution in [1.82, 2.24) is 9.38 Å². The van der Waals surface area contributed by atoms with Gasteiger partial charge in [-0.1, -0.05) is 11.6 Å². The molecule has 2 nitrogen and oxygen atoms in total. The van der Waals surface area contributed by atoms with E-state index in [0.29, 0.717) is 5.25 Å². The predicted octanol–water partition coefficient (Wildman–Crippen LogP) is 3.56. The van der Waals surface area contributed by atoms with Gasteiger partial charge in [-0.3, -0.25) is 0 Å². The lowest BCUT2D eigenvalue weighted by Gasteiger charge is -2.01. The zero-order chi connectivity index (χ0) is 10.3. The molecule has 1 unspecified atom stereocenters. The van der Waals surface area contributed by atoms with Crippen molar-refractivity contribution in [3.63, 3.8) is 0 Å². The molecule has 78 valence electrons. The molecule has 2 aromatic heterocycles. The van der Waals surface area contributed by atoms with E-state index < -0.39 is 0 Å². The van der Waals surface area contributed by atoms with E-state index in [1.165, 1.54) is 24.3 Å². The summed E-state index contributed by atoms with van der Waals surface area (Å²) >= 11 is 7.94. The van der Waals surface area contributed by atoms with E-state index in [4.69, 9.17) is 11.6 Å². The van der Waals surface area contributed by atoms with Gasteiger partial charge in [0, 0.05) is 22.7 Å². The molecule has 0 aliphatic carbocycles. The molecule has 1 saturated heterocycles. The van der Waals surface area contributed by atoms with Gasteiger partial charge < -0.3 is 4.40 Å². The summed E-state index contributed by atoms with van der Waals surface area (Å²) in [5, 5.41) is 1.34. The van der Waals surface area contributed by atoms with Crippen LogP contribution in [0.3, 0.4) is 0 Å². The maximum Gasteiger partial charge on any atom is 0.138 e. The Morgan fingerprint density at radius 3 is 3.27 bits per heavy atom. The van der Waals surface area contributed by atoms with E-state index in [0.717, 1.165) is 10.7 Å². The first-order valence-electron chi connectivity index (χ1n) is 5.09. The van der Waals surface area contributed by atoms with Crippen LogP contribution in [0.1, 0.15) is 23.8 Å². The monoisotopic (exact) mass is 238 g/mol. The van der Waals surface area contributed by atoms with Crippen molar-refractivity contribution < 1.29 is 0 Å². The first kappa shape index (κ1) is 9.55. The molecule has 3 rings (SSSR count). The second-order valence-corrected chi connectivity index (χ2v) is 5.52. The van der Waals surface area contributed by atoms with Crippen LogP contribution >= 0.6 is 23.4 Å². The number of hydrogen-bond donors (Lipinski definition) is 0. The normalized spacial score (nSPS) is 21.3. The summed E-state index contributed by atoms with van der Waals surface area (Å²) in [6.45, 7) is 0. The average molecular weight is 239 g/mol. The van der Waals surface area contributed by atoms with Crippen LogP contribution < -0.4 is 0 Å². The third kappa shape index (κ3) is 1.74. The number of hydrogen-bond acceptors (Lipinski definition) is 2. The summed E-state index contributed by atoms with van der Waals surface area (Å²) in [6, 6.07) is 3.80. The van der Waals surface area contributed by atoms with Crippen LogP contribution in [0.5, 0.6) is 0 Å². The predicted molar refractivity (Wildman–Crippen MR) is 64.6 cm³/mol. The van der Waals surface area contributed by atoms with E-state index in [-0.39, 0.29) is 0 Å². The minimum atomic E-state index is 0.587. The Kier molecular flexibility index (Phi) is 2.37. The van der Waals surface area contributed by atoms with Gasteiger partial charge in [-0.15, -0.1) is 0 Å². The fourth-order valence-electron chi connectivity index (χ4n) is 1.94.